The van der Waals surface area contributed by atoms with E-state index in [4.69, 9.17) is 19.0 Å². The van der Waals surface area contributed by atoms with E-state index in [2.05, 4.69) is 45.1 Å². The Hall–Kier alpha value is -2.68. The van der Waals surface area contributed by atoms with Crippen LogP contribution in [0.2, 0.25) is 0 Å². The van der Waals surface area contributed by atoms with Crippen LogP contribution < -0.4 is 19.8 Å². The molecule has 0 atom stereocenters. The minimum Gasteiger partial charge on any atom is -0.476 e. The fourth-order valence-corrected chi connectivity index (χ4v) is 3.90. The van der Waals surface area contributed by atoms with Gasteiger partial charge in [-0.3, -0.25) is 4.90 Å². The maximum atomic E-state index is 6.00. The van der Waals surface area contributed by atoms with Crippen LogP contribution in [0.25, 0.3) is 10.8 Å². The van der Waals surface area contributed by atoms with Crippen molar-refractivity contribution in [3.63, 3.8) is 0 Å². The van der Waals surface area contributed by atoms with E-state index in [1.54, 1.807) is 0 Å². The van der Waals surface area contributed by atoms with E-state index in [9.17, 15) is 0 Å². The van der Waals surface area contributed by atoms with Gasteiger partial charge in [-0.15, -0.1) is 0 Å². The van der Waals surface area contributed by atoms with Crippen molar-refractivity contribution < 1.29 is 19.0 Å². The molecular weight excluding hydrogens is 420 g/mol. The van der Waals surface area contributed by atoms with Crippen molar-refractivity contribution in [2.75, 3.05) is 70.7 Å². The van der Waals surface area contributed by atoms with Gasteiger partial charge in [0.2, 0.25) is 5.88 Å². The highest BCUT2D eigenvalue weighted by atomic mass is 16.6. The summed E-state index contributed by atoms with van der Waals surface area (Å²) in [5.41, 5.74) is 2.23. The van der Waals surface area contributed by atoms with Crippen LogP contribution in [0.1, 0.15) is 19.4 Å². The standard InChI is InChI=1S/C23H28N4O4.C2H6/c1-17-2-3-19-20(14-17)23(19)25-31-22-16-18(27-7-11-29-12-8-27)15-21(24-22)30-13-6-26-4-9-28-10-5-26;1-2/h2-3,14-16H,4-13H2,1H3;1-2H3/b25-23+;. The number of aryl methyl sites for hydroxylation is 1. The molecule has 0 N–H and O–H groups in total. The second-order valence-corrected chi connectivity index (χ2v) is 7.98. The molecule has 2 aromatic carbocycles. The molecule has 33 heavy (non-hydrogen) atoms. The molecule has 3 aromatic rings. The lowest BCUT2D eigenvalue weighted by Gasteiger charge is -2.29. The van der Waals surface area contributed by atoms with Crippen LogP contribution in [0.3, 0.4) is 0 Å². The first-order valence-electron chi connectivity index (χ1n) is 11.9. The van der Waals surface area contributed by atoms with Crippen molar-refractivity contribution in [1.82, 2.24) is 9.88 Å². The number of nitrogens with zero attached hydrogens (tertiary/aromatic N) is 4. The van der Waals surface area contributed by atoms with Gasteiger partial charge < -0.3 is 23.9 Å². The van der Waals surface area contributed by atoms with Gasteiger partial charge >= 0.3 is 0 Å². The molecule has 5 rings (SSSR count). The SMILES string of the molecule is CC.Cc1ccc2/c(=N\Oc3cc(N4CCOCC4)cc(OCCN4CCOCC4)n3)c2c1. The molecule has 0 saturated carbocycles. The molecule has 2 saturated heterocycles. The number of morpholine rings is 2. The molecule has 0 unspecified atom stereocenters. The molecule has 1 aromatic heterocycles. The van der Waals surface area contributed by atoms with E-state index in [1.807, 2.05) is 26.0 Å². The molecule has 0 aliphatic carbocycles. The summed E-state index contributed by atoms with van der Waals surface area (Å²) in [6.45, 7) is 14.0. The van der Waals surface area contributed by atoms with Gasteiger partial charge in [-0.25, -0.2) is 0 Å². The zero-order valence-electron chi connectivity index (χ0n) is 19.9. The number of aromatic nitrogens is 1. The van der Waals surface area contributed by atoms with Gasteiger partial charge in [-0.1, -0.05) is 36.7 Å². The molecule has 0 bridgehead atoms. The average molecular weight is 455 g/mol. The van der Waals surface area contributed by atoms with Crippen molar-refractivity contribution in [2.45, 2.75) is 20.8 Å². The lowest BCUT2D eigenvalue weighted by molar-refractivity contribution is 0.0319. The van der Waals surface area contributed by atoms with Crippen molar-refractivity contribution >= 4 is 16.5 Å². The fraction of sp³-hybridized carbons (Fsp3) is 0.520. The molecule has 178 valence electrons. The van der Waals surface area contributed by atoms with E-state index < -0.39 is 0 Å². The van der Waals surface area contributed by atoms with E-state index in [-0.39, 0.29) is 0 Å². The normalized spacial score (nSPS) is 17.8. The van der Waals surface area contributed by atoms with E-state index >= 15 is 0 Å². The number of pyridine rings is 1. The predicted octanol–water partition coefficient (Wildman–Crippen LogP) is 2.89. The van der Waals surface area contributed by atoms with E-state index in [0.29, 0.717) is 31.6 Å². The number of hydrogen-bond donors (Lipinski definition) is 0. The molecule has 0 radical (unpaired) electrons. The Bertz CT molecular complexity index is 1050. The zero-order chi connectivity index (χ0) is 23.0. The first-order valence-corrected chi connectivity index (χ1v) is 11.9. The largest absolute Gasteiger partial charge is 0.476 e. The maximum Gasteiger partial charge on any atom is 0.254 e. The Labute approximate surface area is 195 Å². The van der Waals surface area contributed by atoms with Gasteiger partial charge in [0.25, 0.3) is 5.88 Å². The molecule has 2 aliphatic heterocycles. The van der Waals surface area contributed by atoms with Gasteiger partial charge in [0.1, 0.15) is 12.0 Å². The zero-order valence-corrected chi connectivity index (χ0v) is 19.9. The third-order valence-corrected chi connectivity index (χ3v) is 5.75. The number of ether oxygens (including phenoxy) is 3. The molecule has 8 heteroatoms. The lowest BCUT2D eigenvalue weighted by atomic mass is 10.2. The first-order chi connectivity index (χ1) is 16.3. The van der Waals surface area contributed by atoms with Crippen LogP contribution in [-0.4, -0.2) is 75.6 Å². The van der Waals surface area contributed by atoms with Crippen LogP contribution in [0.4, 0.5) is 5.69 Å². The minimum absolute atomic E-state index is 0.437. The molecule has 8 nitrogen and oxygen atoms in total. The summed E-state index contributed by atoms with van der Waals surface area (Å²) < 4.78 is 16.9. The number of rotatable bonds is 7. The quantitative estimate of drug-likeness (QED) is 0.509. The van der Waals surface area contributed by atoms with Crippen LogP contribution in [0.15, 0.2) is 35.5 Å². The predicted molar refractivity (Wildman–Crippen MR) is 129 cm³/mol. The molecule has 0 spiro atoms. The first kappa shape index (κ1) is 23.5. The summed E-state index contributed by atoms with van der Waals surface area (Å²) in [5.74, 6) is 0.990. The van der Waals surface area contributed by atoms with Gasteiger partial charge in [-0.05, 0) is 13.0 Å². The fourth-order valence-electron chi connectivity index (χ4n) is 3.90. The van der Waals surface area contributed by atoms with Gasteiger partial charge in [0.15, 0.2) is 0 Å². The molecule has 3 heterocycles. The topological polar surface area (TPSA) is 68.7 Å². The van der Waals surface area contributed by atoms with Gasteiger partial charge in [0, 0.05) is 61.3 Å². The smallest absolute Gasteiger partial charge is 0.254 e. The molecule has 2 fully saturated rings. The molecular formula is C25H34N4O4. The van der Waals surface area contributed by atoms with E-state index in [1.165, 1.54) is 5.56 Å². The number of hydrogen-bond acceptors (Lipinski definition) is 8. The summed E-state index contributed by atoms with van der Waals surface area (Å²) in [4.78, 5) is 14.9. The maximum absolute atomic E-state index is 6.00. The summed E-state index contributed by atoms with van der Waals surface area (Å²) in [6.07, 6.45) is 0. The summed E-state index contributed by atoms with van der Waals surface area (Å²) in [6, 6.07) is 10.2. The highest BCUT2D eigenvalue weighted by Gasteiger charge is 2.16. The minimum atomic E-state index is 0.437. The monoisotopic (exact) mass is 454 g/mol. The van der Waals surface area contributed by atoms with Crippen molar-refractivity contribution in [3.05, 3.63) is 41.3 Å². The van der Waals surface area contributed by atoms with Gasteiger partial charge in [-0.2, -0.15) is 4.98 Å². The third kappa shape index (κ3) is 6.22. The van der Waals surface area contributed by atoms with Crippen LogP contribution >= 0.6 is 0 Å². The second kappa shape index (κ2) is 11.4. The van der Waals surface area contributed by atoms with E-state index in [0.717, 1.165) is 67.8 Å². The molecule has 2 aliphatic rings. The Kier molecular flexibility index (Phi) is 8.15. The average Bonchev–Trinajstić information content (AvgIpc) is 3.56. The number of fused-ring (bicyclic) bond motifs is 1. The Morgan fingerprint density at radius 2 is 1.61 bits per heavy atom. The van der Waals surface area contributed by atoms with Crippen LogP contribution in [-0.2, 0) is 9.47 Å². The van der Waals surface area contributed by atoms with Crippen LogP contribution in [0, 0.1) is 6.92 Å². The van der Waals surface area contributed by atoms with Crippen LogP contribution in [0.5, 0.6) is 11.8 Å². The van der Waals surface area contributed by atoms with Gasteiger partial charge in [0.05, 0.1) is 26.4 Å². The lowest BCUT2D eigenvalue weighted by Crippen LogP contribution is -2.38. The van der Waals surface area contributed by atoms with Crippen molar-refractivity contribution in [3.8, 4) is 11.8 Å². The number of benzene rings is 1. The summed E-state index contributed by atoms with van der Waals surface area (Å²) >= 11 is 0. The highest BCUT2D eigenvalue weighted by molar-refractivity contribution is 5.97. The summed E-state index contributed by atoms with van der Waals surface area (Å²) in [7, 11) is 0. The Morgan fingerprint density at radius 1 is 0.909 bits per heavy atom. The number of anilines is 1. The second-order valence-electron chi connectivity index (χ2n) is 7.98. The highest BCUT2D eigenvalue weighted by Crippen LogP contribution is 2.26. The molecule has 0 amide bonds. The summed E-state index contributed by atoms with van der Waals surface area (Å²) in [5, 5.41) is 7.50. The van der Waals surface area contributed by atoms with Crippen molar-refractivity contribution in [2.24, 2.45) is 5.16 Å². The Morgan fingerprint density at radius 3 is 2.33 bits per heavy atom. The Balaban J connectivity index is 0.00000126. The van der Waals surface area contributed by atoms with Crippen molar-refractivity contribution in [1.29, 1.82) is 0 Å². The third-order valence-electron chi connectivity index (χ3n) is 5.75.